The van der Waals surface area contributed by atoms with E-state index in [2.05, 4.69) is 0 Å². The first kappa shape index (κ1) is 14.9. The minimum Gasteiger partial charge on any atom is -0.481 e. The van der Waals surface area contributed by atoms with E-state index in [1.165, 1.54) is 0 Å². The molecule has 0 radical (unpaired) electrons. The normalized spacial score (nSPS) is 13.4. The van der Waals surface area contributed by atoms with E-state index >= 15 is 0 Å². The largest absolute Gasteiger partial charge is 0.481 e. The molecule has 4 nitrogen and oxygen atoms in total. The van der Waals surface area contributed by atoms with Crippen LogP contribution in [-0.2, 0) is 9.59 Å². The first-order valence-electron chi connectivity index (χ1n) is 5.71. The van der Waals surface area contributed by atoms with E-state index in [4.69, 9.17) is 10.2 Å². The number of carboxylic acids is 2. The molecule has 0 aliphatic heterocycles. The van der Waals surface area contributed by atoms with Crippen LogP contribution in [-0.4, -0.2) is 22.2 Å². The molecule has 0 aliphatic rings. The highest BCUT2D eigenvalue weighted by Crippen LogP contribution is 2.28. The van der Waals surface area contributed by atoms with Crippen LogP contribution in [0.2, 0.25) is 0 Å². The van der Waals surface area contributed by atoms with Gasteiger partial charge in [0.1, 0.15) is 0 Å². The second-order valence-corrected chi connectivity index (χ2v) is 5.14. The molecule has 2 N–H and O–H groups in total. The lowest BCUT2D eigenvalue weighted by molar-refractivity contribution is -0.147. The Morgan fingerprint density at radius 2 is 1.75 bits per heavy atom. The predicted molar refractivity (Wildman–Crippen MR) is 61.3 cm³/mol. The quantitative estimate of drug-likeness (QED) is 0.629. The van der Waals surface area contributed by atoms with Crippen molar-refractivity contribution in [1.29, 1.82) is 0 Å². The standard InChI is InChI=1S/C12H22O4/c1-9(6-4-5-7-10(13)14)8-12(2,3)11(15)16/h9H,4-8H2,1-3H3,(H,13,14)(H,15,16). The van der Waals surface area contributed by atoms with Crippen LogP contribution in [0.25, 0.3) is 0 Å². The van der Waals surface area contributed by atoms with Crippen LogP contribution < -0.4 is 0 Å². The predicted octanol–water partition coefficient (Wildman–Crippen LogP) is 2.77. The molecule has 4 heteroatoms. The summed E-state index contributed by atoms with van der Waals surface area (Å²) in [5, 5.41) is 17.4. The van der Waals surface area contributed by atoms with Gasteiger partial charge in [0.05, 0.1) is 5.41 Å². The summed E-state index contributed by atoms with van der Waals surface area (Å²) in [7, 11) is 0. The summed E-state index contributed by atoms with van der Waals surface area (Å²) in [6, 6.07) is 0. The Morgan fingerprint density at radius 3 is 2.19 bits per heavy atom. The molecule has 0 aliphatic carbocycles. The summed E-state index contributed by atoms with van der Waals surface area (Å²) in [5.41, 5.74) is -0.688. The van der Waals surface area contributed by atoms with Crippen LogP contribution in [0.5, 0.6) is 0 Å². The van der Waals surface area contributed by atoms with Crippen molar-refractivity contribution in [2.24, 2.45) is 11.3 Å². The summed E-state index contributed by atoms with van der Waals surface area (Å²) in [5.74, 6) is -1.22. The molecule has 1 atom stereocenters. The Hall–Kier alpha value is -1.06. The zero-order valence-corrected chi connectivity index (χ0v) is 10.3. The lowest BCUT2D eigenvalue weighted by atomic mass is 9.82. The third-order valence-corrected chi connectivity index (χ3v) is 2.78. The zero-order valence-electron chi connectivity index (χ0n) is 10.3. The van der Waals surface area contributed by atoms with Gasteiger partial charge in [0, 0.05) is 6.42 Å². The van der Waals surface area contributed by atoms with Crippen LogP contribution in [0.4, 0.5) is 0 Å². The van der Waals surface area contributed by atoms with Gasteiger partial charge in [0.15, 0.2) is 0 Å². The van der Waals surface area contributed by atoms with Gasteiger partial charge in [0.2, 0.25) is 0 Å². The number of unbranched alkanes of at least 4 members (excludes halogenated alkanes) is 1. The zero-order chi connectivity index (χ0) is 12.8. The van der Waals surface area contributed by atoms with Gasteiger partial charge in [-0.25, -0.2) is 0 Å². The smallest absolute Gasteiger partial charge is 0.309 e. The van der Waals surface area contributed by atoms with E-state index in [9.17, 15) is 9.59 Å². The summed E-state index contributed by atoms with van der Waals surface area (Å²) < 4.78 is 0. The van der Waals surface area contributed by atoms with Gasteiger partial charge in [-0.3, -0.25) is 9.59 Å². The first-order chi connectivity index (χ1) is 7.25. The second-order valence-electron chi connectivity index (χ2n) is 5.14. The number of aliphatic carboxylic acids is 2. The Labute approximate surface area is 96.7 Å². The van der Waals surface area contributed by atoms with Crippen molar-refractivity contribution in [2.75, 3.05) is 0 Å². The van der Waals surface area contributed by atoms with Gasteiger partial charge in [-0.15, -0.1) is 0 Å². The van der Waals surface area contributed by atoms with Gasteiger partial charge in [0.25, 0.3) is 0 Å². The summed E-state index contributed by atoms with van der Waals surface area (Å²) in [4.78, 5) is 21.2. The lowest BCUT2D eigenvalue weighted by Crippen LogP contribution is -2.26. The maximum atomic E-state index is 10.9. The third kappa shape index (κ3) is 6.43. The molecule has 16 heavy (non-hydrogen) atoms. The van der Waals surface area contributed by atoms with E-state index in [1.807, 2.05) is 6.92 Å². The van der Waals surface area contributed by atoms with Gasteiger partial charge < -0.3 is 10.2 Å². The molecule has 0 aromatic heterocycles. The fraction of sp³-hybridized carbons (Fsp3) is 0.833. The average Bonchev–Trinajstić information content (AvgIpc) is 2.11. The molecule has 94 valence electrons. The molecule has 0 saturated carbocycles. The third-order valence-electron chi connectivity index (χ3n) is 2.78. The summed E-state index contributed by atoms with van der Waals surface area (Å²) in [6.45, 7) is 5.47. The highest BCUT2D eigenvalue weighted by molar-refractivity contribution is 5.73. The maximum absolute atomic E-state index is 10.9. The molecule has 0 spiro atoms. The van der Waals surface area contributed by atoms with Crippen LogP contribution in [0, 0.1) is 11.3 Å². The van der Waals surface area contributed by atoms with Crippen molar-refractivity contribution in [1.82, 2.24) is 0 Å². The molecule has 0 rings (SSSR count). The molecular formula is C12H22O4. The number of rotatable bonds is 8. The summed E-state index contributed by atoms with van der Waals surface area (Å²) in [6.07, 6.45) is 3.25. The Bertz CT molecular complexity index is 245. The van der Waals surface area contributed by atoms with Crippen LogP contribution >= 0.6 is 0 Å². The van der Waals surface area contributed by atoms with E-state index in [-0.39, 0.29) is 6.42 Å². The van der Waals surface area contributed by atoms with Crippen molar-refractivity contribution in [3.63, 3.8) is 0 Å². The number of carboxylic acid groups (broad SMARTS) is 2. The van der Waals surface area contributed by atoms with Crippen molar-refractivity contribution in [2.45, 2.75) is 52.9 Å². The fourth-order valence-electron chi connectivity index (χ4n) is 1.83. The Kier molecular flexibility index (Phi) is 6.08. The van der Waals surface area contributed by atoms with Crippen LogP contribution in [0.3, 0.4) is 0 Å². The van der Waals surface area contributed by atoms with Gasteiger partial charge in [-0.1, -0.05) is 19.8 Å². The topological polar surface area (TPSA) is 74.6 Å². The van der Waals surface area contributed by atoms with Gasteiger partial charge in [-0.2, -0.15) is 0 Å². The van der Waals surface area contributed by atoms with Crippen molar-refractivity contribution in [3.05, 3.63) is 0 Å². The molecule has 0 aromatic rings. The summed E-state index contributed by atoms with van der Waals surface area (Å²) >= 11 is 0. The molecule has 0 heterocycles. The molecule has 0 bridgehead atoms. The van der Waals surface area contributed by atoms with Gasteiger partial charge in [-0.05, 0) is 32.6 Å². The fourth-order valence-corrected chi connectivity index (χ4v) is 1.83. The van der Waals surface area contributed by atoms with Crippen molar-refractivity contribution >= 4 is 11.9 Å². The second kappa shape index (κ2) is 6.51. The van der Waals surface area contributed by atoms with E-state index in [0.717, 1.165) is 12.8 Å². The van der Waals surface area contributed by atoms with Crippen LogP contribution in [0.1, 0.15) is 52.9 Å². The molecular weight excluding hydrogens is 208 g/mol. The Morgan fingerprint density at radius 1 is 1.19 bits per heavy atom. The lowest BCUT2D eigenvalue weighted by Gasteiger charge is -2.23. The SMILES string of the molecule is CC(CCCCC(=O)O)CC(C)(C)C(=O)O. The number of carbonyl (C=O) groups is 2. The van der Waals surface area contributed by atoms with Crippen molar-refractivity contribution in [3.8, 4) is 0 Å². The number of hydrogen-bond donors (Lipinski definition) is 2. The van der Waals surface area contributed by atoms with Crippen LogP contribution in [0.15, 0.2) is 0 Å². The van der Waals surface area contributed by atoms with E-state index in [1.54, 1.807) is 13.8 Å². The molecule has 0 saturated heterocycles. The van der Waals surface area contributed by atoms with Crippen molar-refractivity contribution < 1.29 is 19.8 Å². The highest BCUT2D eigenvalue weighted by Gasteiger charge is 2.28. The first-order valence-corrected chi connectivity index (χ1v) is 5.71. The molecule has 0 amide bonds. The minimum absolute atomic E-state index is 0.203. The maximum Gasteiger partial charge on any atom is 0.309 e. The number of hydrogen-bond acceptors (Lipinski definition) is 2. The average molecular weight is 230 g/mol. The molecule has 0 fully saturated rings. The molecule has 1 unspecified atom stereocenters. The van der Waals surface area contributed by atoms with E-state index in [0.29, 0.717) is 18.8 Å². The molecule has 0 aromatic carbocycles. The van der Waals surface area contributed by atoms with E-state index < -0.39 is 17.4 Å². The monoisotopic (exact) mass is 230 g/mol. The highest BCUT2D eigenvalue weighted by atomic mass is 16.4. The van der Waals surface area contributed by atoms with Gasteiger partial charge >= 0.3 is 11.9 Å². The Balaban J connectivity index is 3.78. The minimum atomic E-state index is -0.773.